The standard InChI is InChI=1S/C15H22F2N2O/c1-2-20-12-4-3-7-19(10-12)15(9-18)11-5-6-13(16)14(17)8-11/h5-6,8,12,15H,2-4,7,9-10,18H2,1H3. The molecule has 2 N–H and O–H groups in total. The summed E-state index contributed by atoms with van der Waals surface area (Å²) in [6, 6.07) is 3.93. The number of hydrogen-bond acceptors (Lipinski definition) is 3. The van der Waals surface area contributed by atoms with Crippen molar-refractivity contribution in [3.8, 4) is 0 Å². The van der Waals surface area contributed by atoms with E-state index in [1.165, 1.54) is 6.07 Å². The SMILES string of the molecule is CCOC1CCCN(C(CN)c2ccc(F)c(F)c2)C1. The Morgan fingerprint density at radius 2 is 2.20 bits per heavy atom. The fourth-order valence-corrected chi connectivity index (χ4v) is 2.84. The number of benzene rings is 1. The molecule has 1 aliphatic rings. The molecular weight excluding hydrogens is 262 g/mol. The van der Waals surface area contributed by atoms with Crippen LogP contribution < -0.4 is 5.73 Å². The lowest BCUT2D eigenvalue weighted by atomic mass is 10.0. The maximum atomic E-state index is 13.4. The summed E-state index contributed by atoms with van der Waals surface area (Å²) in [5.41, 5.74) is 6.57. The van der Waals surface area contributed by atoms with Crippen LogP contribution in [0, 0.1) is 11.6 Å². The van der Waals surface area contributed by atoms with Gasteiger partial charge in [0, 0.05) is 25.7 Å². The molecule has 0 spiro atoms. The highest BCUT2D eigenvalue weighted by Gasteiger charge is 2.26. The minimum absolute atomic E-state index is 0.0895. The Bertz CT molecular complexity index is 440. The van der Waals surface area contributed by atoms with E-state index in [1.54, 1.807) is 6.07 Å². The smallest absolute Gasteiger partial charge is 0.159 e. The summed E-state index contributed by atoms with van der Waals surface area (Å²) in [6.07, 6.45) is 2.28. The summed E-state index contributed by atoms with van der Waals surface area (Å²) in [4.78, 5) is 2.20. The van der Waals surface area contributed by atoms with Gasteiger partial charge in [-0.1, -0.05) is 6.07 Å². The zero-order chi connectivity index (χ0) is 14.5. The van der Waals surface area contributed by atoms with Gasteiger partial charge in [0.05, 0.1) is 6.10 Å². The Hall–Kier alpha value is -1.04. The van der Waals surface area contributed by atoms with Gasteiger partial charge < -0.3 is 10.5 Å². The summed E-state index contributed by atoms with van der Waals surface area (Å²) in [5.74, 6) is -1.64. The van der Waals surface area contributed by atoms with Gasteiger partial charge in [-0.15, -0.1) is 0 Å². The van der Waals surface area contributed by atoms with Gasteiger partial charge >= 0.3 is 0 Å². The number of nitrogens with zero attached hydrogens (tertiary/aromatic N) is 1. The van der Waals surface area contributed by atoms with Crippen LogP contribution >= 0.6 is 0 Å². The van der Waals surface area contributed by atoms with Crippen LogP contribution in [-0.2, 0) is 4.74 Å². The predicted octanol–water partition coefficient (Wildman–Crippen LogP) is 2.47. The van der Waals surface area contributed by atoms with Crippen LogP contribution in [-0.4, -0.2) is 37.2 Å². The number of rotatable bonds is 5. The highest BCUT2D eigenvalue weighted by Crippen LogP contribution is 2.26. The Kier molecular flexibility index (Phi) is 5.46. The molecule has 1 aromatic rings. The largest absolute Gasteiger partial charge is 0.377 e. The maximum absolute atomic E-state index is 13.4. The molecule has 5 heteroatoms. The van der Waals surface area contributed by atoms with E-state index >= 15 is 0 Å². The molecule has 0 saturated carbocycles. The summed E-state index contributed by atoms with van der Waals surface area (Å²) in [7, 11) is 0. The third-order valence-electron chi connectivity index (χ3n) is 3.80. The number of hydrogen-bond donors (Lipinski definition) is 1. The normalized spacial score (nSPS) is 21.9. The number of halogens is 2. The minimum atomic E-state index is -0.824. The first-order valence-electron chi connectivity index (χ1n) is 7.16. The van der Waals surface area contributed by atoms with E-state index in [0.29, 0.717) is 13.2 Å². The highest BCUT2D eigenvalue weighted by molar-refractivity contribution is 5.22. The van der Waals surface area contributed by atoms with Gasteiger partial charge in [0.1, 0.15) is 0 Å². The molecule has 2 unspecified atom stereocenters. The Balaban J connectivity index is 2.12. The first-order chi connectivity index (χ1) is 9.65. The third-order valence-corrected chi connectivity index (χ3v) is 3.80. The molecule has 3 nitrogen and oxygen atoms in total. The molecule has 0 aliphatic carbocycles. The molecule has 1 aliphatic heterocycles. The van der Waals surface area contributed by atoms with Crippen LogP contribution in [0.3, 0.4) is 0 Å². The van der Waals surface area contributed by atoms with Gasteiger partial charge in [0.15, 0.2) is 11.6 Å². The molecule has 1 saturated heterocycles. The molecule has 1 aromatic carbocycles. The topological polar surface area (TPSA) is 38.5 Å². The number of piperidine rings is 1. The van der Waals surface area contributed by atoms with Crippen molar-refractivity contribution in [1.29, 1.82) is 0 Å². The third kappa shape index (κ3) is 3.53. The van der Waals surface area contributed by atoms with E-state index in [1.807, 2.05) is 6.92 Å². The van der Waals surface area contributed by atoms with Gasteiger partial charge in [0.25, 0.3) is 0 Å². The first kappa shape index (κ1) is 15.4. The molecule has 1 heterocycles. The van der Waals surface area contributed by atoms with Crippen molar-refractivity contribution in [2.24, 2.45) is 5.73 Å². The van der Waals surface area contributed by atoms with Crippen molar-refractivity contribution < 1.29 is 13.5 Å². The monoisotopic (exact) mass is 284 g/mol. The second kappa shape index (κ2) is 7.11. The van der Waals surface area contributed by atoms with E-state index in [9.17, 15) is 8.78 Å². The Morgan fingerprint density at radius 1 is 1.40 bits per heavy atom. The van der Waals surface area contributed by atoms with Gasteiger partial charge in [-0.2, -0.15) is 0 Å². The number of nitrogens with two attached hydrogens (primary N) is 1. The lowest BCUT2D eigenvalue weighted by Gasteiger charge is -2.37. The van der Waals surface area contributed by atoms with Crippen LogP contribution in [0.25, 0.3) is 0 Å². The lowest BCUT2D eigenvalue weighted by molar-refractivity contribution is -0.00663. The molecule has 2 atom stereocenters. The maximum Gasteiger partial charge on any atom is 0.159 e. The zero-order valence-corrected chi connectivity index (χ0v) is 11.8. The molecule has 0 amide bonds. The van der Waals surface area contributed by atoms with E-state index in [0.717, 1.165) is 37.6 Å². The predicted molar refractivity (Wildman–Crippen MR) is 74.4 cm³/mol. The Morgan fingerprint density at radius 3 is 2.85 bits per heavy atom. The molecule has 2 rings (SSSR count). The van der Waals surface area contributed by atoms with E-state index in [4.69, 9.17) is 10.5 Å². The van der Waals surface area contributed by atoms with Crippen molar-refractivity contribution >= 4 is 0 Å². The molecular formula is C15H22F2N2O. The summed E-state index contributed by atoms with van der Waals surface area (Å²) in [5, 5.41) is 0. The van der Waals surface area contributed by atoms with E-state index in [-0.39, 0.29) is 12.1 Å². The van der Waals surface area contributed by atoms with Crippen molar-refractivity contribution in [3.63, 3.8) is 0 Å². The van der Waals surface area contributed by atoms with Crippen molar-refractivity contribution in [3.05, 3.63) is 35.4 Å². The first-order valence-corrected chi connectivity index (χ1v) is 7.16. The second-order valence-electron chi connectivity index (χ2n) is 5.14. The molecule has 20 heavy (non-hydrogen) atoms. The lowest BCUT2D eigenvalue weighted by Crippen LogP contribution is -2.44. The van der Waals surface area contributed by atoms with Crippen molar-refractivity contribution in [2.75, 3.05) is 26.2 Å². The average molecular weight is 284 g/mol. The number of likely N-dealkylation sites (tertiary alicyclic amines) is 1. The molecule has 0 bridgehead atoms. The molecule has 0 radical (unpaired) electrons. The highest BCUT2D eigenvalue weighted by atomic mass is 19.2. The molecule has 112 valence electrons. The van der Waals surface area contributed by atoms with Crippen LogP contribution in [0.1, 0.15) is 31.4 Å². The van der Waals surface area contributed by atoms with Crippen LogP contribution in [0.5, 0.6) is 0 Å². The minimum Gasteiger partial charge on any atom is -0.377 e. The Labute approximate surface area is 118 Å². The second-order valence-corrected chi connectivity index (χ2v) is 5.14. The fourth-order valence-electron chi connectivity index (χ4n) is 2.84. The quantitative estimate of drug-likeness (QED) is 0.902. The van der Waals surface area contributed by atoms with Crippen molar-refractivity contribution in [1.82, 2.24) is 4.90 Å². The van der Waals surface area contributed by atoms with Crippen molar-refractivity contribution in [2.45, 2.75) is 31.9 Å². The summed E-state index contributed by atoms with van der Waals surface area (Å²) in [6.45, 7) is 4.74. The molecule has 1 fully saturated rings. The zero-order valence-electron chi connectivity index (χ0n) is 11.8. The van der Waals surface area contributed by atoms with E-state index in [2.05, 4.69) is 4.90 Å². The van der Waals surface area contributed by atoms with Gasteiger partial charge in [0.2, 0.25) is 0 Å². The molecule has 0 aromatic heterocycles. The van der Waals surface area contributed by atoms with E-state index < -0.39 is 11.6 Å². The van der Waals surface area contributed by atoms with Gasteiger partial charge in [-0.3, -0.25) is 4.90 Å². The average Bonchev–Trinajstić information content (AvgIpc) is 2.44. The van der Waals surface area contributed by atoms with Crippen LogP contribution in [0.4, 0.5) is 8.78 Å². The van der Waals surface area contributed by atoms with Crippen LogP contribution in [0.15, 0.2) is 18.2 Å². The summed E-state index contributed by atoms with van der Waals surface area (Å²) < 4.78 is 32.1. The van der Waals surface area contributed by atoms with Crippen LogP contribution in [0.2, 0.25) is 0 Å². The summed E-state index contributed by atoms with van der Waals surface area (Å²) >= 11 is 0. The number of ether oxygens (including phenoxy) is 1. The van der Waals surface area contributed by atoms with Gasteiger partial charge in [-0.25, -0.2) is 8.78 Å². The van der Waals surface area contributed by atoms with Gasteiger partial charge in [-0.05, 0) is 44.0 Å². The fraction of sp³-hybridized carbons (Fsp3) is 0.600.